The molecule has 0 radical (unpaired) electrons. The maximum atomic E-state index is 13.9. The molecule has 0 aliphatic carbocycles. The second-order valence-corrected chi connectivity index (χ2v) is 15.0. The van der Waals surface area contributed by atoms with Crippen LogP contribution in [-0.4, -0.2) is 29.3 Å². The van der Waals surface area contributed by atoms with Crippen LogP contribution < -0.4 is 25.4 Å². The Hall–Kier alpha value is -3.18. The zero-order valence-electron chi connectivity index (χ0n) is 20.2. The zero-order valence-corrected chi connectivity index (χ0v) is 21.9. The summed E-state index contributed by atoms with van der Waals surface area (Å²) in [5.41, 5.74) is 0.964. The van der Waals surface area contributed by atoms with Crippen molar-refractivity contribution in [3.8, 4) is 11.5 Å². The fraction of sp³-hybridized carbons (Fsp3) is 0.143. The van der Waals surface area contributed by atoms with E-state index in [1.165, 1.54) is 0 Å². The monoisotopic (exact) mass is 508 g/mol. The summed E-state index contributed by atoms with van der Waals surface area (Å²) >= 11 is 0. The van der Waals surface area contributed by atoms with Crippen LogP contribution in [0, 0.1) is 6.92 Å². The third-order valence-corrected chi connectivity index (χ3v) is 14.1. The molecule has 4 aromatic carbocycles. The minimum atomic E-state index is -4.17. The molecule has 4 rings (SSSR count). The topological polar surface area (TPSA) is 61.8 Å². The number of ether oxygens (including phenoxy) is 2. The molecule has 0 atom stereocenters. The van der Waals surface area contributed by atoms with E-state index in [9.17, 15) is 8.42 Å². The average Bonchev–Trinajstić information content (AvgIpc) is 2.89. The Balaban J connectivity index is 2.07. The Morgan fingerprint density at radius 1 is 0.600 bits per heavy atom. The molecule has 5 nitrogen and oxygen atoms in total. The van der Waals surface area contributed by atoms with E-state index in [-0.39, 0.29) is 4.90 Å². The molecular formula is C28H29O5PS. The molecule has 0 saturated carbocycles. The average molecular weight is 509 g/mol. The van der Waals surface area contributed by atoms with E-state index in [4.69, 9.17) is 13.4 Å². The van der Waals surface area contributed by atoms with Gasteiger partial charge in [-0.25, -0.2) is 0 Å². The first-order chi connectivity index (χ1) is 16.7. The minimum absolute atomic E-state index is 0.108. The molecule has 0 aliphatic heterocycles. The van der Waals surface area contributed by atoms with Crippen LogP contribution in [0.15, 0.2) is 108 Å². The summed E-state index contributed by atoms with van der Waals surface area (Å²) in [7, 11) is -0.980. The van der Waals surface area contributed by atoms with E-state index >= 15 is 0 Å². The molecule has 0 aliphatic rings. The Morgan fingerprint density at radius 3 is 1.46 bits per heavy atom. The summed E-state index contributed by atoms with van der Waals surface area (Å²) in [4.78, 5) is 0.108. The first-order valence-corrected chi connectivity index (χ1v) is 15.1. The van der Waals surface area contributed by atoms with Crippen LogP contribution in [0.1, 0.15) is 5.56 Å². The summed E-state index contributed by atoms with van der Waals surface area (Å²) in [6.07, 6.45) is 0. The summed E-state index contributed by atoms with van der Waals surface area (Å²) in [6, 6.07) is 31.1. The number of hydrogen-bond acceptors (Lipinski definition) is 5. The Morgan fingerprint density at radius 2 is 1.03 bits per heavy atom. The first-order valence-electron chi connectivity index (χ1n) is 11.1. The van der Waals surface area contributed by atoms with Crippen molar-refractivity contribution in [2.45, 2.75) is 11.8 Å². The van der Waals surface area contributed by atoms with Gasteiger partial charge < -0.3 is 0 Å². The molecule has 0 amide bonds. The van der Waals surface area contributed by atoms with Gasteiger partial charge in [-0.1, -0.05) is 0 Å². The van der Waals surface area contributed by atoms with Gasteiger partial charge in [-0.3, -0.25) is 0 Å². The van der Waals surface area contributed by atoms with Gasteiger partial charge in [0.2, 0.25) is 0 Å². The van der Waals surface area contributed by atoms with Crippen LogP contribution in [0.3, 0.4) is 0 Å². The van der Waals surface area contributed by atoms with Gasteiger partial charge in [-0.2, -0.15) is 0 Å². The van der Waals surface area contributed by atoms with Crippen molar-refractivity contribution >= 4 is 32.9 Å². The standard InChI is InChI=1S/C28H29O5PS/c1-22-10-20-28(21-11-22)35(29,30)33-34(4,25-8-6-5-7-9-25,26-16-12-23(31-2)13-17-26)27-18-14-24(32-3)15-19-27/h5-21H,1-4H3. The van der Waals surface area contributed by atoms with Gasteiger partial charge in [0, 0.05) is 0 Å². The second kappa shape index (κ2) is 9.46. The van der Waals surface area contributed by atoms with Crippen LogP contribution in [0.2, 0.25) is 0 Å². The molecule has 0 spiro atoms. The van der Waals surface area contributed by atoms with Crippen molar-refractivity contribution in [1.29, 1.82) is 0 Å². The number of aryl methyl sites for hydroxylation is 1. The van der Waals surface area contributed by atoms with Crippen LogP contribution in [-0.2, 0) is 14.1 Å². The molecule has 4 aromatic rings. The Bertz CT molecular complexity index is 1350. The van der Waals surface area contributed by atoms with Gasteiger partial charge in [0.25, 0.3) is 0 Å². The fourth-order valence-electron chi connectivity index (χ4n) is 4.24. The van der Waals surface area contributed by atoms with Crippen LogP contribution in [0.5, 0.6) is 11.5 Å². The van der Waals surface area contributed by atoms with Crippen LogP contribution in [0.25, 0.3) is 0 Å². The molecule has 0 N–H and O–H groups in total. The molecule has 0 unspecified atom stereocenters. The van der Waals surface area contributed by atoms with Gasteiger partial charge >= 0.3 is 208 Å². The fourth-order valence-corrected chi connectivity index (χ4v) is 11.6. The third kappa shape index (κ3) is 4.45. The third-order valence-electron chi connectivity index (χ3n) is 6.36. The molecule has 0 fully saturated rings. The van der Waals surface area contributed by atoms with Gasteiger partial charge in [-0.15, -0.1) is 0 Å². The van der Waals surface area contributed by atoms with E-state index in [2.05, 4.69) is 0 Å². The van der Waals surface area contributed by atoms with Crippen molar-refractivity contribution < 1.29 is 21.9 Å². The number of rotatable bonds is 8. The van der Waals surface area contributed by atoms with Crippen molar-refractivity contribution in [2.75, 3.05) is 20.9 Å². The Kier molecular flexibility index (Phi) is 6.74. The van der Waals surface area contributed by atoms with E-state index in [1.807, 2.05) is 92.5 Å². The SMILES string of the molecule is COc1ccc(P(C)(OS(=O)(=O)c2ccc(C)cc2)(c2ccccc2)c2ccc(OC)cc2)cc1. The van der Waals surface area contributed by atoms with Crippen molar-refractivity contribution in [1.82, 2.24) is 0 Å². The molecule has 0 aromatic heterocycles. The van der Waals surface area contributed by atoms with Crippen LogP contribution in [0.4, 0.5) is 0 Å². The van der Waals surface area contributed by atoms with Gasteiger partial charge in [0.15, 0.2) is 0 Å². The predicted octanol–water partition coefficient (Wildman–Crippen LogP) is 4.79. The van der Waals surface area contributed by atoms with E-state index < -0.39 is 16.9 Å². The van der Waals surface area contributed by atoms with Crippen molar-refractivity contribution in [3.63, 3.8) is 0 Å². The van der Waals surface area contributed by atoms with E-state index in [0.717, 1.165) is 21.5 Å². The number of hydrogen-bond donors (Lipinski definition) is 0. The summed E-state index contributed by atoms with van der Waals surface area (Å²) in [6.45, 7) is -0.212. The van der Waals surface area contributed by atoms with Gasteiger partial charge in [0.05, 0.1) is 0 Å². The zero-order chi connectivity index (χ0) is 25.1. The first kappa shape index (κ1) is 24.9. The predicted molar refractivity (Wildman–Crippen MR) is 144 cm³/mol. The summed E-state index contributed by atoms with van der Waals surface area (Å²) < 4.78 is 45.1. The quantitative estimate of drug-likeness (QED) is 0.320. The van der Waals surface area contributed by atoms with Crippen molar-refractivity contribution in [3.05, 3.63) is 109 Å². The maximum absolute atomic E-state index is 13.9. The molecule has 0 bridgehead atoms. The Labute approximate surface area is 207 Å². The molecule has 182 valence electrons. The number of benzene rings is 4. The van der Waals surface area contributed by atoms with Gasteiger partial charge in [0.1, 0.15) is 0 Å². The van der Waals surface area contributed by atoms with Gasteiger partial charge in [-0.05, 0) is 0 Å². The number of methoxy groups -OCH3 is 2. The molecule has 0 saturated heterocycles. The molecule has 7 heteroatoms. The summed E-state index contributed by atoms with van der Waals surface area (Å²) in [5.74, 6) is 1.34. The van der Waals surface area contributed by atoms with Crippen LogP contribution >= 0.6 is 6.83 Å². The molecular weight excluding hydrogens is 479 g/mol. The molecule has 35 heavy (non-hydrogen) atoms. The summed E-state index contributed by atoms with van der Waals surface area (Å²) in [5, 5.41) is 2.29. The second-order valence-electron chi connectivity index (χ2n) is 8.54. The molecule has 0 heterocycles. The van der Waals surface area contributed by atoms with E-state index in [1.54, 1.807) is 38.5 Å². The van der Waals surface area contributed by atoms with E-state index in [0.29, 0.717) is 11.5 Å². The normalized spacial score (nSPS) is 13.0. The van der Waals surface area contributed by atoms with Crippen molar-refractivity contribution in [2.24, 2.45) is 0 Å².